The fourth-order valence-corrected chi connectivity index (χ4v) is 2.08. The molecule has 0 aliphatic heterocycles. The van der Waals surface area contributed by atoms with Gasteiger partial charge in [0.15, 0.2) is 0 Å². The Morgan fingerprint density at radius 3 is 2.53 bits per heavy atom. The quantitative estimate of drug-likeness (QED) is 0.698. The summed E-state index contributed by atoms with van der Waals surface area (Å²) in [5, 5.41) is 0. The van der Waals surface area contributed by atoms with Crippen LogP contribution in [0.4, 0.5) is 8.78 Å². The molecule has 4 heteroatoms. The van der Waals surface area contributed by atoms with Crippen molar-refractivity contribution in [2.75, 3.05) is 0 Å². The van der Waals surface area contributed by atoms with Crippen molar-refractivity contribution >= 4 is 11.0 Å². The van der Waals surface area contributed by atoms with Crippen molar-refractivity contribution in [1.29, 1.82) is 0 Å². The highest BCUT2D eigenvalue weighted by molar-refractivity contribution is 5.81. The summed E-state index contributed by atoms with van der Waals surface area (Å²) in [4.78, 5) is 7.35. The first kappa shape index (κ1) is 11.8. The van der Waals surface area contributed by atoms with Crippen molar-refractivity contribution < 1.29 is 8.78 Å². The molecule has 0 amide bonds. The first-order valence-electron chi connectivity index (χ1n) is 5.97. The number of fused-ring (bicyclic) bond motifs is 1. The van der Waals surface area contributed by atoms with Gasteiger partial charge in [0.1, 0.15) is 17.5 Å². The van der Waals surface area contributed by atoms with Crippen molar-refractivity contribution in [2.45, 2.75) is 13.8 Å². The maximum absolute atomic E-state index is 13.7. The van der Waals surface area contributed by atoms with Crippen LogP contribution in [0.3, 0.4) is 0 Å². The van der Waals surface area contributed by atoms with Crippen LogP contribution in [0, 0.1) is 25.5 Å². The average Bonchev–Trinajstić information content (AvgIpc) is 2.75. The smallest absolute Gasteiger partial charge is 0.141 e. The first-order chi connectivity index (χ1) is 9.04. The van der Waals surface area contributed by atoms with Crippen molar-refractivity contribution in [3.05, 3.63) is 53.1 Å². The number of hydrogen-bond acceptors (Lipinski definition) is 1. The summed E-state index contributed by atoms with van der Waals surface area (Å²) in [5.41, 5.74) is 3.96. The lowest BCUT2D eigenvalue weighted by atomic mass is 10.1. The van der Waals surface area contributed by atoms with E-state index in [1.807, 2.05) is 26.0 Å². The van der Waals surface area contributed by atoms with Crippen molar-refractivity contribution in [3.63, 3.8) is 0 Å². The van der Waals surface area contributed by atoms with Gasteiger partial charge in [-0.2, -0.15) is 0 Å². The van der Waals surface area contributed by atoms with E-state index in [0.717, 1.165) is 40.4 Å². The first-order valence-corrected chi connectivity index (χ1v) is 5.97. The minimum Gasteiger partial charge on any atom is -0.338 e. The lowest BCUT2D eigenvalue weighted by Crippen LogP contribution is -1.87. The molecule has 0 unspecified atom stereocenters. The molecule has 0 saturated carbocycles. The average molecular weight is 258 g/mol. The van der Waals surface area contributed by atoms with Crippen LogP contribution in [0.1, 0.15) is 11.1 Å². The zero-order valence-corrected chi connectivity index (χ0v) is 10.6. The normalized spacial score (nSPS) is 11.2. The number of aromatic nitrogens is 2. The van der Waals surface area contributed by atoms with E-state index in [4.69, 9.17) is 0 Å². The Morgan fingerprint density at radius 2 is 1.74 bits per heavy atom. The fourth-order valence-electron chi connectivity index (χ4n) is 2.08. The molecule has 1 N–H and O–H groups in total. The topological polar surface area (TPSA) is 28.7 Å². The number of benzene rings is 2. The molecule has 3 aromatic rings. The third kappa shape index (κ3) is 1.99. The van der Waals surface area contributed by atoms with E-state index in [0.29, 0.717) is 5.82 Å². The Bertz CT molecular complexity index is 736. The van der Waals surface area contributed by atoms with Gasteiger partial charge in [0.25, 0.3) is 0 Å². The molecule has 1 aromatic heterocycles. The molecular formula is C15H12F2N2. The number of imidazole rings is 1. The Balaban J connectivity index is 2.23. The zero-order chi connectivity index (χ0) is 13.6. The SMILES string of the molecule is Cc1cc2nc(-c3cc(F)ccc3F)[nH]c2cc1C. The third-order valence-electron chi connectivity index (χ3n) is 3.28. The van der Waals surface area contributed by atoms with Gasteiger partial charge < -0.3 is 4.98 Å². The van der Waals surface area contributed by atoms with Crippen LogP contribution >= 0.6 is 0 Å². The van der Waals surface area contributed by atoms with E-state index >= 15 is 0 Å². The van der Waals surface area contributed by atoms with E-state index in [-0.39, 0.29) is 5.56 Å². The van der Waals surface area contributed by atoms with Crippen molar-refractivity contribution in [2.24, 2.45) is 0 Å². The second-order valence-electron chi connectivity index (χ2n) is 4.66. The number of halogens is 2. The summed E-state index contributed by atoms with van der Waals surface area (Å²) in [5.74, 6) is -0.630. The fraction of sp³-hybridized carbons (Fsp3) is 0.133. The number of hydrogen-bond donors (Lipinski definition) is 1. The molecule has 0 radical (unpaired) electrons. The molecule has 0 spiro atoms. The second kappa shape index (κ2) is 4.16. The molecule has 3 rings (SSSR count). The number of aryl methyl sites for hydroxylation is 2. The van der Waals surface area contributed by atoms with Gasteiger partial charge in [0, 0.05) is 0 Å². The molecule has 2 nitrogen and oxygen atoms in total. The molecule has 0 aliphatic rings. The van der Waals surface area contributed by atoms with E-state index < -0.39 is 11.6 Å². The minimum absolute atomic E-state index is 0.145. The molecule has 0 saturated heterocycles. The molecular weight excluding hydrogens is 246 g/mol. The summed E-state index contributed by atoms with van der Waals surface area (Å²) in [6.45, 7) is 3.99. The van der Waals surface area contributed by atoms with Crippen LogP contribution < -0.4 is 0 Å². The van der Waals surface area contributed by atoms with Gasteiger partial charge in [-0.3, -0.25) is 0 Å². The van der Waals surface area contributed by atoms with Gasteiger partial charge in [-0.15, -0.1) is 0 Å². The van der Waals surface area contributed by atoms with Gasteiger partial charge in [-0.25, -0.2) is 13.8 Å². The molecule has 0 atom stereocenters. The predicted octanol–water partition coefficient (Wildman–Crippen LogP) is 4.12. The van der Waals surface area contributed by atoms with Crippen LogP contribution in [0.25, 0.3) is 22.4 Å². The lowest BCUT2D eigenvalue weighted by Gasteiger charge is -1.98. The minimum atomic E-state index is -0.492. The third-order valence-corrected chi connectivity index (χ3v) is 3.28. The summed E-state index contributed by atoms with van der Waals surface area (Å²) < 4.78 is 26.9. The Kier molecular flexibility index (Phi) is 2.59. The van der Waals surface area contributed by atoms with Crippen LogP contribution in [-0.4, -0.2) is 9.97 Å². The van der Waals surface area contributed by atoms with E-state index in [2.05, 4.69) is 9.97 Å². The standard InChI is InChI=1S/C15H12F2N2/c1-8-5-13-14(6-9(8)2)19-15(18-13)11-7-10(16)3-4-12(11)17/h3-7H,1-2H3,(H,18,19). The molecule has 19 heavy (non-hydrogen) atoms. The van der Waals surface area contributed by atoms with E-state index in [1.54, 1.807) is 0 Å². The van der Waals surface area contributed by atoms with Gasteiger partial charge in [-0.05, 0) is 55.3 Å². The molecule has 0 fully saturated rings. The summed E-state index contributed by atoms with van der Waals surface area (Å²) >= 11 is 0. The predicted molar refractivity (Wildman–Crippen MR) is 70.9 cm³/mol. The summed E-state index contributed by atoms with van der Waals surface area (Å²) in [7, 11) is 0. The highest BCUT2D eigenvalue weighted by Crippen LogP contribution is 2.25. The highest BCUT2D eigenvalue weighted by atomic mass is 19.1. The number of aromatic amines is 1. The van der Waals surface area contributed by atoms with E-state index in [1.165, 1.54) is 0 Å². The summed E-state index contributed by atoms with van der Waals surface area (Å²) in [6, 6.07) is 7.23. The van der Waals surface area contributed by atoms with Crippen LogP contribution in [0.2, 0.25) is 0 Å². The Morgan fingerprint density at radius 1 is 1.00 bits per heavy atom. The zero-order valence-electron chi connectivity index (χ0n) is 10.6. The maximum atomic E-state index is 13.7. The lowest BCUT2D eigenvalue weighted by molar-refractivity contribution is 0.602. The van der Waals surface area contributed by atoms with E-state index in [9.17, 15) is 8.78 Å². The van der Waals surface area contributed by atoms with Gasteiger partial charge >= 0.3 is 0 Å². The van der Waals surface area contributed by atoms with Crippen molar-refractivity contribution in [1.82, 2.24) is 9.97 Å². The Labute approximate surface area is 109 Å². The maximum Gasteiger partial charge on any atom is 0.141 e. The largest absolute Gasteiger partial charge is 0.338 e. The Hall–Kier alpha value is -2.23. The molecule has 0 bridgehead atoms. The molecule has 0 aliphatic carbocycles. The van der Waals surface area contributed by atoms with Gasteiger partial charge in [0.2, 0.25) is 0 Å². The molecule has 96 valence electrons. The number of rotatable bonds is 1. The van der Waals surface area contributed by atoms with Gasteiger partial charge in [-0.1, -0.05) is 0 Å². The number of H-pyrrole nitrogens is 1. The molecule has 2 aromatic carbocycles. The van der Waals surface area contributed by atoms with Crippen LogP contribution in [0.5, 0.6) is 0 Å². The van der Waals surface area contributed by atoms with Crippen molar-refractivity contribution in [3.8, 4) is 11.4 Å². The molecule has 1 heterocycles. The van der Waals surface area contributed by atoms with Crippen LogP contribution in [0.15, 0.2) is 30.3 Å². The number of nitrogens with zero attached hydrogens (tertiary/aromatic N) is 1. The van der Waals surface area contributed by atoms with Crippen LogP contribution in [-0.2, 0) is 0 Å². The highest BCUT2D eigenvalue weighted by Gasteiger charge is 2.11. The monoisotopic (exact) mass is 258 g/mol. The number of nitrogens with one attached hydrogen (secondary N) is 1. The summed E-state index contributed by atoms with van der Waals surface area (Å²) in [6.07, 6.45) is 0. The second-order valence-corrected chi connectivity index (χ2v) is 4.66. The van der Waals surface area contributed by atoms with Gasteiger partial charge in [0.05, 0.1) is 16.6 Å².